The van der Waals surface area contributed by atoms with Crippen molar-refractivity contribution in [1.29, 1.82) is 0 Å². The molecule has 0 bridgehead atoms. The maximum Gasteiger partial charge on any atom is 0.170 e. The number of aryl methyl sites for hydroxylation is 1. The van der Waals surface area contributed by atoms with Gasteiger partial charge in [-0.25, -0.2) is 4.98 Å². The van der Waals surface area contributed by atoms with Crippen molar-refractivity contribution in [2.75, 3.05) is 11.9 Å². The number of pyridine rings is 1. The Morgan fingerprint density at radius 3 is 2.67 bits per heavy atom. The molecule has 0 aliphatic carbocycles. The molecule has 0 atom stereocenters. The SMILES string of the molecule is Cc1nc2c(-c3ccc(-c4ccccc4)nc3)cnn2c2c1C(=O)CCN2. The van der Waals surface area contributed by atoms with Gasteiger partial charge in [0.2, 0.25) is 0 Å². The van der Waals surface area contributed by atoms with E-state index in [1.165, 1.54) is 0 Å². The summed E-state index contributed by atoms with van der Waals surface area (Å²) in [6.45, 7) is 2.49. The van der Waals surface area contributed by atoms with Crippen LogP contribution in [0.5, 0.6) is 0 Å². The number of nitrogens with one attached hydrogen (secondary N) is 1. The quantitative estimate of drug-likeness (QED) is 0.593. The van der Waals surface area contributed by atoms with E-state index in [9.17, 15) is 4.79 Å². The highest BCUT2D eigenvalue weighted by Crippen LogP contribution is 2.30. The van der Waals surface area contributed by atoms with Gasteiger partial charge in [0.15, 0.2) is 11.4 Å². The molecule has 6 heteroatoms. The first kappa shape index (κ1) is 15.7. The first-order valence-corrected chi connectivity index (χ1v) is 8.89. The van der Waals surface area contributed by atoms with Crippen LogP contribution >= 0.6 is 0 Å². The Labute approximate surface area is 155 Å². The summed E-state index contributed by atoms with van der Waals surface area (Å²) in [6, 6.07) is 14.1. The zero-order chi connectivity index (χ0) is 18.4. The molecule has 0 saturated heterocycles. The number of carbonyl (C=O) groups is 1. The zero-order valence-electron chi connectivity index (χ0n) is 14.8. The summed E-state index contributed by atoms with van der Waals surface area (Å²) >= 11 is 0. The lowest BCUT2D eigenvalue weighted by Gasteiger charge is -2.19. The number of fused-ring (bicyclic) bond motifs is 3. The molecule has 1 aliphatic rings. The molecule has 4 heterocycles. The van der Waals surface area contributed by atoms with Gasteiger partial charge in [-0.2, -0.15) is 9.61 Å². The average Bonchev–Trinajstić information content (AvgIpc) is 3.13. The van der Waals surface area contributed by atoms with Gasteiger partial charge >= 0.3 is 0 Å². The van der Waals surface area contributed by atoms with E-state index in [2.05, 4.69) is 20.4 Å². The number of nitrogens with zero attached hydrogens (tertiary/aromatic N) is 4. The van der Waals surface area contributed by atoms with E-state index in [1.807, 2.05) is 55.6 Å². The molecule has 0 saturated carbocycles. The summed E-state index contributed by atoms with van der Waals surface area (Å²) in [4.78, 5) is 21.5. The summed E-state index contributed by atoms with van der Waals surface area (Å²) in [7, 11) is 0. The van der Waals surface area contributed by atoms with Crippen LogP contribution in [-0.4, -0.2) is 31.9 Å². The fourth-order valence-electron chi connectivity index (χ4n) is 3.56. The highest BCUT2D eigenvalue weighted by Gasteiger charge is 2.24. The minimum atomic E-state index is 0.113. The fraction of sp³-hybridized carbons (Fsp3) is 0.143. The van der Waals surface area contributed by atoms with Crippen LogP contribution in [0.25, 0.3) is 28.0 Å². The van der Waals surface area contributed by atoms with E-state index in [4.69, 9.17) is 0 Å². The number of anilines is 1. The van der Waals surface area contributed by atoms with Gasteiger partial charge in [-0.3, -0.25) is 9.78 Å². The molecule has 4 aromatic rings. The summed E-state index contributed by atoms with van der Waals surface area (Å²) in [5.41, 5.74) is 5.93. The third kappa shape index (κ3) is 2.49. The van der Waals surface area contributed by atoms with E-state index in [1.54, 1.807) is 10.7 Å². The largest absolute Gasteiger partial charge is 0.369 e. The van der Waals surface area contributed by atoms with Gasteiger partial charge in [0, 0.05) is 35.9 Å². The number of Topliss-reactive ketones (excluding diaryl/α,β-unsaturated/α-hetero) is 1. The van der Waals surface area contributed by atoms with Crippen molar-refractivity contribution in [2.24, 2.45) is 0 Å². The Morgan fingerprint density at radius 2 is 1.89 bits per heavy atom. The third-order valence-corrected chi connectivity index (χ3v) is 4.90. The molecule has 0 radical (unpaired) electrons. The highest BCUT2D eigenvalue weighted by molar-refractivity contribution is 6.03. The molecule has 1 aromatic carbocycles. The number of aromatic nitrogens is 4. The maximum absolute atomic E-state index is 12.3. The Morgan fingerprint density at radius 1 is 1.04 bits per heavy atom. The second kappa shape index (κ2) is 6.02. The molecule has 6 nitrogen and oxygen atoms in total. The number of carbonyl (C=O) groups excluding carboxylic acids is 1. The summed E-state index contributed by atoms with van der Waals surface area (Å²) in [5, 5.41) is 7.77. The van der Waals surface area contributed by atoms with Crippen molar-refractivity contribution in [3.63, 3.8) is 0 Å². The molecular weight excluding hydrogens is 338 g/mol. The molecule has 0 unspecified atom stereocenters. The smallest absolute Gasteiger partial charge is 0.170 e. The monoisotopic (exact) mass is 355 g/mol. The molecular formula is C21H17N5O. The van der Waals surface area contributed by atoms with Crippen LogP contribution in [0.3, 0.4) is 0 Å². The number of rotatable bonds is 2. The number of hydrogen-bond donors (Lipinski definition) is 1. The van der Waals surface area contributed by atoms with E-state index in [0.29, 0.717) is 18.5 Å². The topological polar surface area (TPSA) is 72.2 Å². The standard InChI is InChI=1S/C21H17N5O/c1-13-19-18(27)9-10-22-21(19)26-20(25-13)16(12-24-26)15-7-8-17(23-11-15)14-5-3-2-4-6-14/h2-8,11-12,22H,9-10H2,1H3. The third-order valence-electron chi connectivity index (χ3n) is 4.90. The molecule has 3 aromatic heterocycles. The lowest BCUT2D eigenvalue weighted by atomic mass is 10.0. The number of ketones is 1. The highest BCUT2D eigenvalue weighted by atomic mass is 16.1. The van der Waals surface area contributed by atoms with Gasteiger partial charge in [0.1, 0.15) is 5.82 Å². The minimum absolute atomic E-state index is 0.113. The van der Waals surface area contributed by atoms with Gasteiger partial charge < -0.3 is 5.32 Å². The fourth-order valence-corrected chi connectivity index (χ4v) is 3.56. The first-order valence-electron chi connectivity index (χ1n) is 8.89. The lowest BCUT2D eigenvalue weighted by Crippen LogP contribution is -2.23. The van der Waals surface area contributed by atoms with E-state index in [0.717, 1.165) is 39.5 Å². The Bertz CT molecular complexity index is 1160. The molecule has 0 spiro atoms. The predicted molar refractivity (Wildman–Crippen MR) is 104 cm³/mol. The van der Waals surface area contributed by atoms with Crippen LogP contribution in [0.1, 0.15) is 22.5 Å². The van der Waals surface area contributed by atoms with Crippen LogP contribution in [0.15, 0.2) is 54.9 Å². The Hall–Kier alpha value is -3.54. The van der Waals surface area contributed by atoms with Gasteiger partial charge in [-0.15, -0.1) is 0 Å². The van der Waals surface area contributed by atoms with Crippen molar-refractivity contribution in [3.8, 4) is 22.4 Å². The van der Waals surface area contributed by atoms with Crippen molar-refractivity contribution >= 4 is 17.2 Å². The van der Waals surface area contributed by atoms with Gasteiger partial charge in [0.25, 0.3) is 0 Å². The normalized spacial score (nSPS) is 13.4. The zero-order valence-corrected chi connectivity index (χ0v) is 14.8. The van der Waals surface area contributed by atoms with Gasteiger partial charge in [0.05, 0.1) is 23.1 Å². The maximum atomic E-state index is 12.3. The van der Waals surface area contributed by atoms with Crippen LogP contribution in [0.2, 0.25) is 0 Å². The molecule has 1 N–H and O–H groups in total. The van der Waals surface area contributed by atoms with Gasteiger partial charge in [-0.1, -0.05) is 36.4 Å². The summed E-state index contributed by atoms with van der Waals surface area (Å²) < 4.78 is 1.72. The molecule has 1 aliphatic heterocycles. The first-order chi connectivity index (χ1) is 13.2. The molecule has 0 amide bonds. The lowest BCUT2D eigenvalue weighted by molar-refractivity contribution is 0.0982. The second-order valence-corrected chi connectivity index (χ2v) is 6.61. The van der Waals surface area contributed by atoms with Crippen molar-refractivity contribution in [1.82, 2.24) is 19.6 Å². The Balaban J connectivity index is 1.62. The molecule has 27 heavy (non-hydrogen) atoms. The summed E-state index contributed by atoms with van der Waals surface area (Å²) in [5.74, 6) is 0.843. The van der Waals surface area contributed by atoms with E-state index >= 15 is 0 Å². The van der Waals surface area contributed by atoms with Crippen molar-refractivity contribution in [3.05, 3.63) is 66.1 Å². The Kier molecular flexibility index (Phi) is 3.50. The number of benzene rings is 1. The van der Waals surface area contributed by atoms with Crippen LogP contribution in [0.4, 0.5) is 5.82 Å². The van der Waals surface area contributed by atoms with E-state index < -0.39 is 0 Å². The number of hydrogen-bond acceptors (Lipinski definition) is 5. The van der Waals surface area contributed by atoms with Gasteiger partial charge in [-0.05, 0) is 13.0 Å². The average molecular weight is 355 g/mol. The molecule has 5 rings (SSSR count). The summed E-state index contributed by atoms with van der Waals surface area (Å²) in [6.07, 6.45) is 4.11. The molecule has 132 valence electrons. The van der Waals surface area contributed by atoms with Crippen molar-refractivity contribution < 1.29 is 4.79 Å². The van der Waals surface area contributed by atoms with Crippen LogP contribution in [0, 0.1) is 6.92 Å². The van der Waals surface area contributed by atoms with Crippen molar-refractivity contribution in [2.45, 2.75) is 13.3 Å². The second-order valence-electron chi connectivity index (χ2n) is 6.61. The molecule has 0 fully saturated rings. The predicted octanol–water partition coefficient (Wildman–Crippen LogP) is 3.77. The van der Waals surface area contributed by atoms with Crippen LogP contribution < -0.4 is 5.32 Å². The minimum Gasteiger partial charge on any atom is -0.369 e. The van der Waals surface area contributed by atoms with E-state index in [-0.39, 0.29) is 5.78 Å². The van der Waals surface area contributed by atoms with Crippen LogP contribution in [-0.2, 0) is 0 Å².